The molecule has 1 aliphatic rings. The molecule has 1 aliphatic heterocycles. The predicted molar refractivity (Wildman–Crippen MR) is 74.8 cm³/mol. The van der Waals surface area contributed by atoms with Crippen molar-refractivity contribution in [3.05, 3.63) is 53.6 Å². The topological polar surface area (TPSA) is 21.3 Å². The van der Waals surface area contributed by atoms with Crippen molar-refractivity contribution in [1.82, 2.24) is 0 Å². The maximum absolute atomic E-state index is 13.0. The Morgan fingerprint density at radius 3 is 2.52 bits per heavy atom. The van der Waals surface area contributed by atoms with Gasteiger partial charge in [0.1, 0.15) is 5.75 Å². The molecule has 1 heterocycles. The van der Waals surface area contributed by atoms with Crippen LogP contribution in [0.3, 0.4) is 0 Å². The molecule has 0 aliphatic carbocycles. The molecule has 0 amide bonds. The lowest BCUT2D eigenvalue weighted by atomic mass is 10.0. The first-order valence-electron chi connectivity index (χ1n) is 6.75. The van der Waals surface area contributed by atoms with Gasteiger partial charge in [-0.15, -0.1) is 0 Å². The van der Waals surface area contributed by atoms with Gasteiger partial charge in [-0.2, -0.15) is 13.2 Å². The quantitative estimate of drug-likeness (QED) is 0.854. The van der Waals surface area contributed by atoms with Crippen LogP contribution in [0, 0.1) is 0 Å². The van der Waals surface area contributed by atoms with Crippen LogP contribution in [0.2, 0.25) is 0 Å². The predicted octanol–water partition coefficient (Wildman–Crippen LogP) is 4.86. The Bertz CT molecular complexity index is 652. The fourth-order valence-corrected chi connectivity index (χ4v) is 2.47. The van der Waals surface area contributed by atoms with Crippen molar-refractivity contribution < 1.29 is 17.9 Å². The van der Waals surface area contributed by atoms with Crippen LogP contribution in [-0.4, -0.2) is 6.54 Å². The van der Waals surface area contributed by atoms with Gasteiger partial charge in [0.2, 0.25) is 0 Å². The van der Waals surface area contributed by atoms with Gasteiger partial charge in [0, 0.05) is 6.54 Å². The van der Waals surface area contributed by atoms with Crippen molar-refractivity contribution in [2.75, 3.05) is 11.9 Å². The zero-order chi connectivity index (χ0) is 14.9. The second-order valence-corrected chi connectivity index (χ2v) is 4.92. The van der Waals surface area contributed by atoms with Crippen molar-refractivity contribution in [3.8, 4) is 11.5 Å². The Balaban J connectivity index is 1.99. The summed E-state index contributed by atoms with van der Waals surface area (Å²) in [5.41, 5.74) is 1.10. The lowest BCUT2D eigenvalue weighted by Gasteiger charge is -2.22. The number of halogens is 3. The van der Waals surface area contributed by atoms with Crippen LogP contribution in [-0.2, 0) is 12.6 Å². The van der Waals surface area contributed by atoms with E-state index in [4.69, 9.17) is 4.74 Å². The number of rotatable bonds is 2. The monoisotopic (exact) mass is 293 g/mol. The molecular weight excluding hydrogens is 279 g/mol. The molecule has 0 unspecified atom stereocenters. The number of para-hydroxylation sites is 2. The summed E-state index contributed by atoms with van der Waals surface area (Å²) in [5.74, 6) is 0.259. The number of alkyl halides is 3. The van der Waals surface area contributed by atoms with E-state index in [2.05, 4.69) is 5.32 Å². The molecule has 0 atom stereocenters. The highest BCUT2D eigenvalue weighted by Crippen LogP contribution is 2.40. The van der Waals surface area contributed by atoms with E-state index in [0.29, 0.717) is 5.75 Å². The van der Waals surface area contributed by atoms with Gasteiger partial charge in [0.05, 0.1) is 11.3 Å². The molecule has 1 N–H and O–H groups in total. The van der Waals surface area contributed by atoms with E-state index in [1.165, 1.54) is 18.2 Å². The number of fused-ring (bicyclic) bond motifs is 1. The lowest BCUT2D eigenvalue weighted by molar-refractivity contribution is -0.138. The van der Waals surface area contributed by atoms with E-state index in [1.807, 2.05) is 6.07 Å². The molecule has 0 saturated heterocycles. The number of benzene rings is 2. The first-order valence-corrected chi connectivity index (χ1v) is 6.75. The van der Waals surface area contributed by atoms with Gasteiger partial charge in [-0.1, -0.05) is 24.3 Å². The Kier molecular flexibility index (Phi) is 3.49. The van der Waals surface area contributed by atoms with Gasteiger partial charge >= 0.3 is 6.18 Å². The van der Waals surface area contributed by atoms with E-state index in [1.54, 1.807) is 12.1 Å². The standard InChI is InChI=1S/C16H14F3NO/c17-16(18,19)12-7-1-2-8-13(12)21-14-9-3-5-11-6-4-10-20-15(11)14/h1-3,5,7-9,20H,4,6,10H2. The van der Waals surface area contributed by atoms with E-state index < -0.39 is 11.7 Å². The van der Waals surface area contributed by atoms with Crippen molar-refractivity contribution in [3.63, 3.8) is 0 Å². The van der Waals surface area contributed by atoms with Gasteiger partial charge in [0.25, 0.3) is 0 Å². The van der Waals surface area contributed by atoms with Crippen molar-refractivity contribution in [2.45, 2.75) is 19.0 Å². The summed E-state index contributed by atoms with van der Waals surface area (Å²) in [4.78, 5) is 0. The molecule has 0 fully saturated rings. The largest absolute Gasteiger partial charge is 0.455 e. The highest BCUT2D eigenvalue weighted by atomic mass is 19.4. The molecule has 0 saturated carbocycles. The highest BCUT2D eigenvalue weighted by Gasteiger charge is 2.34. The zero-order valence-electron chi connectivity index (χ0n) is 11.2. The first kappa shape index (κ1) is 13.8. The Morgan fingerprint density at radius 2 is 1.71 bits per heavy atom. The molecule has 0 spiro atoms. The molecule has 2 aromatic carbocycles. The smallest absolute Gasteiger partial charge is 0.419 e. The van der Waals surface area contributed by atoms with Crippen molar-refractivity contribution in [2.24, 2.45) is 0 Å². The summed E-state index contributed by atoms with van der Waals surface area (Å²) in [6.07, 6.45) is -2.52. The second kappa shape index (κ2) is 5.31. The number of nitrogens with one attached hydrogen (secondary N) is 1. The Labute approximate surface area is 120 Å². The summed E-state index contributed by atoms with van der Waals surface area (Å²) < 4.78 is 44.5. The molecule has 2 aromatic rings. The molecule has 21 heavy (non-hydrogen) atoms. The minimum absolute atomic E-state index is 0.175. The highest BCUT2D eigenvalue weighted by molar-refractivity contribution is 5.64. The first-order chi connectivity index (χ1) is 10.1. The number of aryl methyl sites for hydroxylation is 1. The molecule has 3 rings (SSSR count). The average Bonchev–Trinajstić information content (AvgIpc) is 2.47. The molecule has 5 heteroatoms. The normalized spacial score (nSPS) is 14.2. The summed E-state index contributed by atoms with van der Waals surface area (Å²) in [5, 5.41) is 3.20. The maximum Gasteiger partial charge on any atom is 0.419 e. The minimum Gasteiger partial charge on any atom is -0.455 e. The van der Waals surface area contributed by atoms with E-state index in [9.17, 15) is 13.2 Å². The molecule has 2 nitrogen and oxygen atoms in total. The van der Waals surface area contributed by atoms with Crippen LogP contribution in [0.1, 0.15) is 17.5 Å². The fraction of sp³-hybridized carbons (Fsp3) is 0.250. The number of anilines is 1. The van der Waals surface area contributed by atoms with Gasteiger partial charge < -0.3 is 10.1 Å². The van der Waals surface area contributed by atoms with Crippen LogP contribution in [0.4, 0.5) is 18.9 Å². The number of hydrogen-bond acceptors (Lipinski definition) is 2. The van der Waals surface area contributed by atoms with Crippen LogP contribution >= 0.6 is 0 Å². The van der Waals surface area contributed by atoms with Crippen molar-refractivity contribution in [1.29, 1.82) is 0 Å². The fourth-order valence-electron chi connectivity index (χ4n) is 2.47. The SMILES string of the molecule is FC(F)(F)c1ccccc1Oc1cccc2c1NCCC2. The van der Waals surface area contributed by atoms with Gasteiger partial charge in [-0.05, 0) is 36.6 Å². The van der Waals surface area contributed by atoms with Crippen LogP contribution in [0.25, 0.3) is 0 Å². The van der Waals surface area contributed by atoms with Crippen molar-refractivity contribution >= 4 is 5.69 Å². The molecular formula is C16H14F3NO. The zero-order valence-corrected chi connectivity index (χ0v) is 11.2. The van der Waals surface area contributed by atoms with Gasteiger partial charge in [-0.25, -0.2) is 0 Å². The van der Waals surface area contributed by atoms with E-state index in [0.717, 1.165) is 36.7 Å². The summed E-state index contributed by atoms with van der Waals surface area (Å²) in [6, 6.07) is 10.7. The summed E-state index contributed by atoms with van der Waals surface area (Å²) in [7, 11) is 0. The third-order valence-corrected chi connectivity index (χ3v) is 3.45. The number of ether oxygens (including phenoxy) is 1. The third-order valence-electron chi connectivity index (χ3n) is 3.45. The van der Waals surface area contributed by atoms with Crippen LogP contribution < -0.4 is 10.1 Å². The second-order valence-electron chi connectivity index (χ2n) is 4.92. The lowest BCUT2D eigenvalue weighted by Crippen LogP contribution is -2.13. The van der Waals surface area contributed by atoms with Crippen LogP contribution in [0.15, 0.2) is 42.5 Å². The van der Waals surface area contributed by atoms with Gasteiger partial charge in [0.15, 0.2) is 5.75 Å². The summed E-state index contributed by atoms with van der Waals surface area (Å²) >= 11 is 0. The Morgan fingerprint density at radius 1 is 0.952 bits per heavy atom. The molecule has 0 aromatic heterocycles. The summed E-state index contributed by atoms with van der Waals surface area (Å²) in [6.45, 7) is 0.800. The molecule has 110 valence electrons. The number of hydrogen-bond donors (Lipinski definition) is 1. The third kappa shape index (κ3) is 2.82. The molecule has 0 radical (unpaired) electrons. The average molecular weight is 293 g/mol. The molecule has 0 bridgehead atoms. The Hall–Kier alpha value is -2.17. The van der Waals surface area contributed by atoms with E-state index >= 15 is 0 Å². The van der Waals surface area contributed by atoms with Gasteiger partial charge in [-0.3, -0.25) is 0 Å². The van der Waals surface area contributed by atoms with Crippen LogP contribution in [0.5, 0.6) is 11.5 Å². The van der Waals surface area contributed by atoms with E-state index in [-0.39, 0.29) is 5.75 Å². The minimum atomic E-state index is -4.43. The maximum atomic E-state index is 13.0.